The SMILES string of the molecule is CCCCC/C=C\C/C=C\CC(O)/C=C\C=C\CCCC(=O)O[C@H](COC(=O)CCCCCCCCC/C=C\CCCCCC)COP(=O)(O)OP(=O)(O)OC[C@H]1O[C@@H](n2ccc(N)nc2=O)[C@H](O)[C@@H]1O. The molecule has 1 aliphatic rings. The van der Waals surface area contributed by atoms with E-state index < -0.39 is 89.8 Å². The number of unbranched alkanes of at least 4 members (excludes halogenated alkanes) is 15. The largest absolute Gasteiger partial charge is 0.481 e. The molecule has 0 saturated carbocycles. The van der Waals surface area contributed by atoms with E-state index in [1.165, 1.54) is 51.0 Å². The highest BCUT2D eigenvalue weighted by molar-refractivity contribution is 7.61. The number of carbonyl (C=O) groups is 2. The number of aromatic nitrogens is 2. The van der Waals surface area contributed by atoms with Crippen LogP contribution in [0.1, 0.15) is 168 Å². The van der Waals surface area contributed by atoms with Crippen molar-refractivity contribution in [3.8, 4) is 0 Å². The van der Waals surface area contributed by atoms with Gasteiger partial charge in [-0.1, -0.05) is 139 Å². The highest BCUT2D eigenvalue weighted by atomic mass is 31.3. The standard InChI is InChI=1S/C50H83N3O16P2/c1-3-5-7-9-11-13-14-15-16-17-18-20-22-26-30-34-45(55)64-38-42(67-46(56)35-31-27-23-25-29-33-41(54)32-28-24-21-19-12-10-8-6-4-2)39-65-70(60,61)69-71(62,63)66-40-43-47(57)48(58)49(68-43)53-37-36-44(51)52-50(53)59/h12-14,19,23-25,28-29,33,36-37,41-43,47-49,54,57-58H,3-11,15-18,20-22,26-27,30-32,34-35,38-40H2,1-2H3,(H,60,61)(H,62,63)(H2,51,52,59)/b14-13-,19-12-,25-23+,28-24-,33-29-/t41?,42-,43-,47-,48-,49-/m1/s1. The molecule has 0 aliphatic carbocycles. The van der Waals surface area contributed by atoms with Gasteiger partial charge in [0.1, 0.15) is 30.7 Å². The lowest BCUT2D eigenvalue weighted by molar-refractivity contribution is -0.161. The molecule has 0 amide bonds. The lowest BCUT2D eigenvalue weighted by Gasteiger charge is -2.21. The average molecular weight is 1040 g/mol. The van der Waals surface area contributed by atoms with Crippen molar-refractivity contribution in [2.75, 3.05) is 25.6 Å². The summed E-state index contributed by atoms with van der Waals surface area (Å²) in [7, 11) is -10.9. The zero-order valence-electron chi connectivity index (χ0n) is 41.9. The van der Waals surface area contributed by atoms with Crippen molar-refractivity contribution in [1.82, 2.24) is 9.55 Å². The molecule has 71 heavy (non-hydrogen) atoms. The number of hydrogen-bond donors (Lipinski definition) is 6. The summed E-state index contributed by atoms with van der Waals surface area (Å²) in [4.78, 5) is 61.9. The lowest BCUT2D eigenvalue weighted by atomic mass is 10.1. The number of aliphatic hydroxyl groups excluding tert-OH is 3. The molecule has 1 fully saturated rings. The molecule has 3 unspecified atom stereocenters. The van der Waals surface area contributed by atoms with E-state index in [1.807, 2.05) is 12.2 Å². The second-order valence-electron chi connectivity index (χ2n) is 17.5. The van der Waals surface area contributed by atoms with Crippen LogP contribution in [0.4, 0.5) is 5.82 Å². The van der Waals surface area contributed by atoms with Gasteiger partial charge in [0, 0.05) is 19.0 Å². The van der Waals surface area contributed by atoms with Gasteiger partial charge in [-0.15, -0.1) is 0 Å². The summed E-state index contributed by atoms with van der Waals surface area (Å²) in [5.74, 6) is -1.44. The summed E-state index contributed by atoms with van der Waals surface area (Å²) < 4.78 is 56.6. The van der Waals surface area contributed by atoms with Crippen molar-refractivity contribution in [3.05, 3.63) is 83.5 Å². The first-order valence-corrected chi connectivity index (χ1v) is 28.4. The molecule has 1 aromatic rings. The number of carbonyl (C=O) groups excluding carboxylic acids is 2. The quantitative estimate of drug-likeness (QED) is 0.0117. The molecule has 2 heterocycles. The second kappa shape index (κ2) is 38.1. The predicted molar refractivity (Wildman–Crippen MR) is 272 cm³/mol. The van der Waals surface area contributed by atoms with Gasteiger partial charge in [-0.25, -0.2) is 13.9 Å². The number of esters is 2. The Bertz CT molecular complexity index is 1940. The number of phosphoric acid groups is 2. The monoisotopic (exact) mass is 1040 g/mol. The summed E-state index contributed by atoms with van der Waals surface area (Å²) >= 11 is 0. The van der Waals surface area contributed by atoms with E-state index in [0.717, 1.165) is 75.0 Å². The van der Waals surface area contributed by atoms with E-state index in [0.29, 0.717) is 25.7 Å². The average Bonchev–Trinajstić information content (AvgIpc) is 3.60. The number of nitrogens with zero attached hydrogens (tertiary/aromatic N) is 2. The number of aliphatic hydroxyl groups is 3. The summed E-state index contributed by atoms with van der Waals surface area (Å²) in [5.41, 5.74) is 4.57. The fourth-order valence-electron chi connectivity index (χ4n) is 7.14. The van der Waals surface area contributed by atoms with Gasteiger partial charge in [-0.05, 0) is 76.7 Å². The minimum Gasteiger partial charge on any atom is -0.462 e. The van der Waals surface area contributed by atoms with Crippen LogP contribution in [0, 0.1) is 0 Å². The van der Waals surface area contributed by atoms with E-state index >= 15 is 0 Å². The smallest absolute Gasteiger partial charge is 0.462 e. The zero-order valence-corrected chi connectivity index (χ0v) is 43.7. The third-order valence-corrected chi connectivity index (χ3v) is 13.8. The number of hydrogen-bond acceptors (Lipinski definition) is 16. The first-order chi connectivity index (χ1) is 34.1. The highest BCUT2D eigenvalue weighted by Gasteiger charge is 2.46. The highest BCUT2D eigenvalue weighted by Crippen LogP contribution is 2.60. The summed E-state index contributed by atoms with van der Waals surface area (Å²) in [6.07, 6.45) is 33.3. The topological polar surface area (TPSA) is 286 Å². The van der Waals surface area contributed by atoms with Gasteiger partial charge < -0.3 is 45.1 Å². The Morgan fingerprint density at radius 3 is 2.01 bits per heavy atom. The molecule has 0 bridgehead atoms. The van der Waals surface area contributed by atoms with Gasteiger partial charge in [0.2, 0.25) is 0 Å². The molecule has 21 heteroatoms. The molecule has 404 valence electrons. The Morgan fingerprint density at radius 2 is 1.32 bits per heavy atom. The maximum absolute atomic E-state index is 12.8. The molecule has 1 saturated heterocycles. The Kier molecular flexibility index (Phi) is 34.1. The molecule has 8 atom stereocenters. The van der Waals surface area contributed by atoms with E-state index in [4.69, 9.17) is 29.0 Å². The van der Waals surface area contributed by atoms with Gasteiger partial charge in [0.15, 0.2) is 12.3 Å². The number of nitrogen functional groups attached to an aromatic ring is 1. The Hall–Kier alpha value is -3.58. The molecule has 19 nitrogen and oxygen atoms in total. The van der Waals surface area contributed by atoms with E-state index in [2.05, 4.69) is 47.4 Å². The minimum atomic E-state index is -5.46. The maximum atomic E-state index is 12.8. The van der Waals surface area contributed by atoms with Gasteiger partial charge in [0.05, 0.1) is 19.3 Å². The van der Waals surface area contributed by atoms with Crippen LogP contribution >= 0.6 is 15.6 Å². The Labute approximate surface area is 420 Å². The molecular weight excluding hydrogens is 961 g/mol. The summed E-state index contributed by atoms with van der Waals surface area (Å²) in [5, 5.41) is 31.1. The molecule has 7 N–H and O–H groups in total. The second-order valence-corrected chi connectivity index (χ2v) is 20.6. The van der Waals surface area contributed by atoms with Gasteiger partial charge in [-0.2, -0.15) is 9.29 Å². The number of phosphoric ester groups is 2. The molecule has 0 spiro atoms. The third kappa shape index (κ3) is 30.9. The number of ether oxygens (including phenoxy) is 3. The van der Waals surface area contributed by atoms with Crippen LogP contribution in [-0.2, 0) is 46.3 Å². The van der Waals surface area contributed by atoms with Crippen LogP contribution < -0.4 is 11.4 Å². The van der Waals surface area contributed by atoms with Crippen LogP contribution in [0.5, 0.6) is 0 Å². The first kappa shape index (κ1) is 63.5. The van der Waals surface area contributed by atoms with Crippen molar-refractivity contribution < 1.29 is 71.4 Å². The first-order valence-electron chi connectivity index (χ1n) is 25.4. The van der Waals surface area contributed by atoms with Crippen LogP contribution in [-0.4, -0.2) is 96.9 Å². The number of nitrogens with two attached hydrogens (primary N) is 1. The fraction of sp³-hybridized carbons (Fsp3) is 0.680. The van der Waals surface area contributed by atoms with Gasteiger partial charge in [0.25, 0.3) is 0 Å². The van der Waals surface area contributed by atoms with Crippen molar-refractivity contribution in [1.29, 1.82) is 0 Å². The summed E-state index contributed by atoms with van der Waals surface area (Å²) in [6, 6.07) is 1.24. The normalized spacial score (nSPS) is 20.1. The van der Waals surface area contributed by atoms with E-state index in [9.17, 15) is 48.6 Å². The van der Waals surface area contributed by atoms with Crippen molar-refractivity contribution in [2.24, 2.45) is 0 Å². The molecule has 1 aliphatic heterocycles. The van der Waals surface area contributed by atoms with Crippen LogP contribution in [0.3, 0.4) is 0 Å². The molecule has 1 aromatic heterocycles. The molecular formula is C50H83N3O16P2. The fourth-order valence-corrected chi connectivity index (χ4v) is 9.25. The van der Waals surface area contributed by atoms with E-state index in [-0.39, 0.29) is 18.7 Å². The van der Waals surface area contributed by atoms with Crippen LogP contribution in [0.2, 0.25) is 0 Å². The molecule has 2 rings (SSSR count). The van der Waals surface area contributed by atoms with E-state index in [1.54, 1.807) is 24.3 Å². The number of allylic oxidation sites excluding steroid dienone is 8. The lowest BCUT2D eigenvalue weighted by Crippen LogP contribution is -2.36. The number of rotatable bonds is 41. The van der Waals surface area contributed by atoms with Crippen molar-refractivity contribution in [2.45, 2.75) is 198 Å². The zero-order chi connectivity index (χ0) is 52.2. The van der Waals surface area contributed by atoms with Gasteiger partial charge >= 0.3 is 33.3 Å². The van der Waals surface area contributed by atoms with Crippen molar-refractivity contribution in [3.63, 3.8) is 0 Å². The minimum absolute atomic E-state index is 0.0874. The Balaban J connectivity index is 1.86. The van der Waals surface area contributed by atoms with Crippen LogP contribution in [0.25, 0.3) is 0 Å². The van der Waals surface area contributed by atoms with Crippen molar-refractivity contribution >= 4 is 33.4 Å². The van der Waals surface area contributed by atoms with Gasteiger partial charge in [-0.3, -0.25) is 23.2 Å². The van der Waals surface area contributed by atoms with Crippen LogP contribution in [0.15, 0.2) is 77.8 Å². The predicted octanol–water partition coefficient (Wildman–Crippen LogP) is 9.30. The third-order valence-electron chi connectivity index (χ3n) is 11.2. The molecule has 0 aromatic carbocycles. The molecule has 0 radical (unpaired) electrons. The number of anilines is 1. The Morgan fingerprint density at radius 1 is 0.746 bits per heavy atom. The summed E-state index contributed by atoms with van der Waals surface area (Å²) in [6.45, 7) is 1.96. The maximum Gasteiger partial charge on any atom is 0.481 e.